The van der Waals surface area contributed by atoms with Crippen LogP contribution in [0.3, 0.4) is 0 Å². The van der Waals surface area contributed by atoms with Crippen LogP contribution in [0.25, 0.3) is 0 Å². The van der Waals surface area contributed by atoms with Gasteiger partial charge < -0.3 is 15.8 Å². The van der Waals surface area contributed by atoms with Gasteiger partial charge in [0.2, 0.25) is 5.91 Å². The van der Waals surface area contributed by atoms with Crippen LogP contribution in [-0.4, -0.2) is 55.3 Å². The first-order valence-electron chi connectivity index (χ1n) is 5.90. The third-order valence-electron chi connectivity index (χ3n) is 2.69. The second-order valence-electron chi connectivity index (χ2n) is 4.12. The van der Waals surface area contributed by atoms with E-state index in [1.165, 1.54) is 6.92 Å². The fraction of sp³-hybridized carbons (Fsp3) is 0.778. The van der Waals surface area contributed by atoms with E-state index < -0.39 is 34.5 Å². The summed E-state index contributed by atoms with van der Waals surface area (Å²) in [7, 11) is -4.86. The molecule has 0 spiro atoms. The SMILES string of the molecule is CCOC(=O)N(OS(=O)(=O)O)[C@@H]1CC[C@@H](C(N)=O)NC1. The van der Waals surface area contributed by atoms with Crippen LogP contribution in [0.2, 0.25) is 0 Å². The average Bonchev–Trinajstić information content (AvgIpc) is 2.35. The number of carbonyl (C=O) groups is 2. The molecule has 0 saturated carbocycles. The number of hydrogen-bond donors (Lipinski definition) is 3. The van der Waals surface area contributed by atoms with Gasteiger partial charge in [-0.05, 0) is 19.8 Å². The van der Waals surface area contributed by atoms with Crippen molar-refractivity contribution in [2.75, 3.05) is 13.2 Å². The summed E-state index contributed by atoms with van der Waals surface area (Å²) < 4.78 is 39.1. The molecule has 20 heavy (non-hydrogen) atoms. The van der Waals surface area contributed by atoms with E-state index >= 15 is 0 Å². The molecule has 10 nitrogen and oxygen atoms in total. The third kappa shape index (κ3) is 4.92. The molecule has 116 valence electrons. The van der Waals surface area contributed by atoms with Crippen LogP contribution in [0, 0.1) is 0 Å². The van der Waals surface area contributed by atoms with E-state index in [0.717, 1.165) is 0 Å². The summed E-state index contributed by atoms with van der Waals surface area (Å²) in [6.07, 6.45) is -0.492. The number of hydroxylamine groups is 2. The molecule has 1 rings (SSSR count). The smallest absolute Gasteiger partial charge is 0.435 e. The van der Waals surface area contributed by atoms with Gasteiger partial charge in [-0.2, -0.15) is 13.5 Å². The van der Waals surface area contributed by atoms with Crippen molar-refractivity contribution in [1.82, 2.24) is 10.4 Å². The maximum Gasteiger partial charge on any atom is 0.435 e. The van der Waals surface area contributed by atoms with Crippen LogP contribution in [0.1, 0.15) is 19.8 Å². The Kier molecular flexibility index (Phi) is 5.68. The quantitative estimate of drug-likeness (QED) is 0.423. The first-order chi connectivity index (χ1) is 9.24. The van der Waals surface area contributed by atoms with E-state index in [1.54, 1.807) is 0 Å². The summed E-state index contributed by atoms with van der Waals surface area (Å²) in [5, 5.41) is 3.18. The highest BCUT2D eigenvalue weighted by molar-refractivity contribution is 7.80. The standard InChI is InChI=1S/C9H17N3O7S/c1-2-18-9(14)12(19-20(15,16)17)6-3-4-7(8(10)13)11-5-6/h6-7,11H,2-5H2,1H3,(H2,10,13)(H,15,16,17)/t6-,7+/m1/s1. The number of amides is 2. The highest BCUT2D eigenvalue weighted by atomic mass is 32.3. The van der Waals surface area contributed by atoms with Gasteiger partial charge in [0, 0.05) is 6.54 Å². The molecule has 1 fully saturated rings. The number of ether oxygens (including phenoxy) is 1. The molecular weight excluding hydrogens is 294 g/mol. The molecule has 0 aliphatic carbocycles. The number of nitrogens with two attached hydrogens (primary N) is 1. The molecule has 1 aliphatic heterocycles. The first-order valence-corrected chi connectivity index (χ1v) is 7.26. The number of nitrogens with zero attached hydrogens (tertiary/aromatic N) is 1. The van der Waals surface area contributed by atoms with Crippen molar-refractivity contribution in [3.05, 3.63) is 0 Å². The Morgan fingerprint density at radius 2 is 2.10 bits per heavy atom. The molecule has 11 heteroatoms. The molecule has 4 N–H and O–H groups in total. The van der Waals surface area contributed by atoms with Crippen LogP contribution in [-0.2, 0) is 24.2 Å². The van der Waals surface area contributed by atoms with Gasteiger partial charge in [-0.15, -0.1) is 4.28 Å². The van der Waals surface area contributed by atoms with Crippen molar-refractivity contribution < 1.29 is 31.6 Å². The molecule has 0 aromatic heterocycles. The minimum absolute atomic E-state index is 0.00816. The predicted octanol–water partition coefficient (Wildman–Crippen LogP) is -1.21. The van der Waals surface area contributed by atoms with Gasteiger partial charge in [0.1, 0.15) is 0 Å². The summed E-state index contributed by atoms with van der Waals surface area (Å²) in [5.74, 6) is -0.540. The lowest BCUT2D eigenvalue weighted by molar-refractivity contribution is -0.122. The van der Waals surface area contributed by atoms with Gasteiger partial charge >= 0.3 is 16.5 Å². The van der Waals surface area contributed by atoms with Gasteiger partial charge in [-0.25, -0.2) is 4.79 Å². The molecule has 2 atom stereocenters. The molecular formula is C9H17N3O7S. The maximum atomic E-state index is 11.6. The van der Waals surface area contributed by atoms with Crippen LogP contribution >= 0.6 is 0 Å². The Hall–Kier alpha value is -1.43. The van der Waals surface area contributed by atoms with Crippen molar-refractivity contribution in [3.63, 3.8) is 0 Å². The van der Waals surface area contributed by atoms with E-state index in [2.05, 4.69) is 14.3 Å². The van der Waals surface area contributed by atoms with Gasteiger partial charge in [0.05, 0.1) is 18.7 Å². The van der Waals surface area contributed by atoms with Gasteiger partial charge in [0.15, 0.2) is 0 Å². The fourth-order valence-electron chi connectivity index (χ4n) is 1.81. The van der Waals surface area contributed by atoms with E-state index in [-0.39, 0.29) is 19.6 Å². The summed E-state index contributed by atoms with van der Waals surface area (Å²) in [4.78, 5) is 22.6. The van der Waals surface area contributed by atoms with Crippen LogP contribution in [0.4, 0.5) is 4.79 Å². The Labute approximate surface area is 116 Å². The lowest BCUT2D eigenvalue weighted by Gasteiger charge is -2.33. The lowest BCUT2D eigenvalue weighted by atomic mass is 10.0. The van der Waals surface area contributed by atoms with Gasteiger partial charge in [0.25, 0.3) is 0 Å². The number of rotatable bonds is 5. The maximum absolute atomic E-state index is 11.6. The zero-order valence-corrected chi connectivity index (χ0v) is 11.6. The second kappa shape index (κ2) is 6.83. The molecule has 1 saturated heterocycles. The second-order valence-corrected chi connectivity index (χ2v) is 5.13. The summed E-state index contributed by atoms with van der Waals surface area (Å²) in [6, 6.07) is -1.27. The van der Waals surface area contributed by atoms with Gasteiger partial charge in [-0.3, -0.25) is 9.35 Å². The molecule has 2 amide bonds. The minimum atomic E-state index is -4.86. The highest BCUT2D eigenvalue weighted by Crippen LogP contribution is 2.17. The van der Waals surface area contributed by atoms with E-state index in [4.69, 9.17) is 10.3 Å². The van der Waals surface area contributed by atoms with E-state index in [9.17, 15) is 18.0 Å². The number of carbonyl (C=O) groups excluding carboxylic acids is 2. The van der Waals surface area contributed by atoms with Gasteiger partial charge in [-0.1, -0.05) is 0 Å². The summed E-state index contributed by atoms with van der Waals surface area (Å²) in [6.45, 7) is 1.61. The van der Waals surface area contributed by atoms with Crippen molar-refractivity contribution in [1.29, 1.82) is 0 Å². The topological polar surface area (TPSA) is 148 Å². The van der Waals surface area contributed by atoms with Crippen molar-refractivity contribution in [2.45, 2.75) is 31.8 Å². The molecule has 0 aromatic rings. The number of hydrogen-bond acceptors (Lipinski definition) is 7. The number of nitrogens with one attached hydrogen (secondary N) is 1. The summed E-state index contributed by atoms with van der Waals surface area (Å²) >= 11 is 0. The third-order valence-corrected chi connectivity index (χ3v) is 3.03. The molecule has 0 aromatic carbocycles. The first kappa shape index (κ1) is 16.6. The predicted molar refractivity (Wildman–Crippen MR) is 65.5 cm³/mol. The minimum Gasteiger partial charge on any atom is -0.448 e. The van der Waals surface area contributed by atoms with Crippen LogP contribution < -0.4 is 11.1 Å². The van der Waals surface area contributed by atoms with Crippen molar-refractivity contribution in [2.24, 2.45) is 5.73 Å². The van der Waals surface area contributed by atoms with Crippen molar-refractivity contribution >= 4 is 22.4 Å². The molecule has 0 unspecified atom stereocenters. The molecule has 1 aliphatic rings. The van der Waals surface area contributed by atoms with Crippen LogP contribution in [0.5, 0.6) is 0 Å². The zero-order chi connectivity index (χ0) is 15.3. The monoisotopic (exact) mass is 311 g/mol. The van der Waals surface area contributed by atoms with E-state index in [1.807, 2.05) is 0 Å². The largest absolute Gasteiger partial charge is 0.448 e. The number of piperidine rings is 1. The molecule has 0 bridgehead atoms. The molecule has 1 heterocycles. The Morgan fingerprint density at radius 1 is 1.45 bits per heavy atom. The van der Waals surface area contributed by atoms with E-state index in [0.29, 0.717) is 11.5 Å². The summed E-state index contributed by atoms with van der Waals surface area (Å²) in [5.41, 5.74) is 5.12. The lowest BCUT2D eigenvalue weighted by Crippen LogP contribution is -2.55. The Bertz CT molecular complexity index is 458. The zero-order valence-electron chi connectivity index (χ0n) is 10.8. The average molecular weight is 311 g/mol. The number of primary amides is 1. The van der Waals surface area contributed by atoms with Crippen molar-refractivity contribution in [3.8, 4) is 0 Å². The normalized spacial score (nSPS) is 23.1. The highest BCUT2D eigenvalue weighted by Gasteiger charge is 2.34. The Balaban J connectivity index is 2.74. The fourth-order valence-corrected chi connectivity index (χ4v) is 2.20. The Morgan fingerprint density at radius 3 is 2.50 bits per heavy atom. The molecule has 0 radical (unpaired) electrons. The van der Waals surface area contributed by atoms with Crippen LogP contribution in [0.15, 0.2) is 0 Å².